The molecule has 0 aliphatic rings. The molecule has 0 spiro atoms. The fourth-order valence-corrected chi connectivity index (χ4v) is 1.21. The highest BCUT2D eigenvalue weighted by Crippen LogP contribution is 2.06. The lowest BCUT2D eigenvalue weighted by molar-refractivity contribution is 0.114. The molecule has 0 bridgehead atoms. The summed E-state index contributed by atoms with van der Waals surface area (Å²) in [4.78, 5) is 2.02. The van der Waals surface area contributed by atoms with Crippen LogP contribution in [0.25, 0.3) is 0 Å². The average molecular weight is 161 g/mol. The number of aliphatic hydroxyl groups is 2. The van der Waals surface area contributed by atoms with E-state index in [2.05, 4.69) is 0 Å². The molecule has 0 amide bonds. The number of rotatable bonds is 5. The third kappa shape index (κ3) is 6.28. The Bertz CT molecular complexity index is 84.1. The summed E-state index contributed by atoms with van der Waals surface area (Å²) in [5.74, 6) is 0.199. The highest BCUT2D eigenvalue weighted by Gasteiger charge is 2.10. The van der Waals surface area contributed by atoms with Crippen LogP contribution in [-0.2, 0) is 0 Å². The van der Waals surface area contributed by atoms with Gasteiger partial charge in [-0.1, -0.05) is 0 Å². The van der Waals surface area contributed by atoms with Crippen molar-refractivity contribution in [2.45, 2.75) is 19.4 Å². The number of nitrogens with zero attached hydrogens (tertiary/aromatic N) is 1. The predicted molar refractivity (Wildman–Crippen MR) is 45.4 cm³/mol. The Labute approximate surface area is 68.6 Å². The zero-order chi connectivity index (χ0) is 8.85. The third-order valence-electron chi connectivity index (χ3n) is 1.56. The Morgan fingerprint density at radius 1 is 1.36 bits per heavy atom. The Morgan fingerprint density at radius 2 is 1.91 bits per heavy atom. The van der Waals surface area contributed by atoms with E-state index >= 15 is 0 Å². The van der Waals surface area contributed by atoms with Crippen LogP contribution < -0.4 is 0 Å². The number of hydrogen-bond acceptors (Lipinski definition) is 3. The quantitative estimate of drug-likeness (QED) is 0.593. The number of hydrogen-bond donors (Lipinski definition) is 2. The van der Waals surface area contributed by atoms with E-state index in [0.29, 0.717) is 6.42 Å². The molecule has 11 heavy (non-hydrogen) atoms. The molecule has 0 fully saturated rings. The standard InChI is InChI=1S/C8H19NO2/c1-7(11)4-8(6-10)5-9(2)3/h7-8,10-11H,4-6H2,1-3H3. The second-order valence-corrected chi connectivity index (χ2v) is 3.40. The molecule has 2 unspecified atom stereocenters. The minimum atomic E-state index is -0.313. The van der Waals surface area contributed by atoms with Crippen LogP contribution in [-0.4, -0.2) is 48.5 Å². The van der Waals surface area contributed by atoms with Gasteiger partial charge < -0.3 is 15.1 Å². The summed E-state index contributed by atoms with van der Waals surface area (Å²) in [6.07, 6.45) is 0.362. The maximum absolute atomic E-state index is 9.04. The molecule has 0 rings (SSSR count). The van der Waals surface area contributed by atoms with Crippen molar-refractivity contribution in [3.63, 3.8) is 0 Å². The fraction of sp³-hybridized carbons (Fsp3) is 1.00. The zero-order valence-corrected chi connectivity index (χ0v) is 7.62. The molecule has 0 radical (unpaired) electrons. The van der Waals surface area contributed by atoms with Crippen LogP contribution in [0.15, 0.2) is 0 Å². The van der Waals surface area contributed by atoms with Gasteiger partial charge in [0, 0.05) is 13.2 Å². The summed E-state index contributed by atoms with van der Waals surface area (Å²) >= 11 is 0. The van der Waals surface area contributed by atoms with E-state index < -0.39 is 0 Å². The highest BCUT2D eigenvalue weighted by molar-refractivity contribution is 4.63. The zero-order valence-electron chi connectivity index (χ0n) is 7.62. The van der Waals surface area contributed by atoms with E-state index in [4.69, 9.17) is 10.2 Å². The molecule has 0 saturated heterocycles. The van der Waals surface area contributed by atoms with Crippen molar-refractivity contribution in [2.75, 3.05) is 27.2 Å². The van der Waals surface area contributed by atoms with Crippen molar-refractivity contribution in [2.24, 2.45) is 5.92 Å². The van der Waals surface area contributed by atoms with Gasteiger partial charge in [0.25, 0.3) is 0 Å². The molecule has 0 aromatic carbocycles. The molecule has 0 aliphatic heterocycles. The predicted octanol–water partition coefficient (Wildman–Crippen LogP) is -0.0726. The first-order chi connectivity index (χ1) is 5.06. The van der Waals surface area contributed by atoms with Gasteiger partial charge in [0.1, 0.15) is 0 Å². The first-order valence-corrected chi connectivity index (χ1v) is 4.00. The molecule has 0 aliphatic carbocycles. The van der Waals surface area contributed by atoms with Crippen LogP contribution in [0.2, 0.25) is 0 Å². The normalized spacial score (nSPS) is 16.9. The fourth-order valence-electron chi connectivity index (χ4n) is 1.21. The van der Waals surface area contributed by atoms with Gasteiger partial charge in [-0.05, 0) is 33.4 Å². The molecule has 0 saturated carbocycles. The Morgan fingerprint density at radius 3 is 2.18 bits per heavy atom. The maximum atomic E-state index is 9.04. The Balaban J connectivity index is 3.58. The molecule has 68 valence electrons. The van der Waals surface area contributed by atoms with E-state index in [1.807, 2.05) is 19.0 Å². The van der Waals surface area contributed by atoms with Crippen molar-refractivity contribution >= 4 is 0 Å². The van der Waals surface area contributed by atoms with E-state index in [0.717, 1.165) is 6.54 Å². The van der Waals surface area contributed by atoms with Crippen LogP contribution >= 0.6 is 0 Å². The van der Waals surface area contributed by atoms with Gasteiger partial charge in [-0.3, -0.25) is 0 Å². The van der Waals surface area contributed by atoms with Crippen molar-refractivity contribution < 1.29 is 10.2 Å². The summed E-state index contributed by atoms with van der Waals surface area (Å²) < 4.78 is 0. The topological polar surface area (TPSA) is 43.7 Å². The van der Waals surface area contributed by atoms with E-state index in [-0.39, 0.29) is 18.6 Å². The molecule has 2 atom stereocenters. The number of aliphatic hydroxyl groups excluding tert-OH is 2. The van der Waals surface area contributed by atoms with Gasteiger partial charge in [-0.2, -0.15) is 0 Å². The van der Waals surface area contributed by atoms with Gasteiger partial charge in [-0.15, -0.1) is 0 Å². The second-order valence-electron chi connectivity index (χ2n) is 3.40. The van der Waals surface area contributed by atoms with Gasteiger partial charge in [0.05, 0.1) is 6.10 Å². The van der Waals surface area contributed by atoms with Crippen molar-refractivity contribution in [1.82, 2.24) is 4.90 Å². The van der Waals surface area contributed by atoms with Crippen molar-refractivity contribution in [3.05, 3.63) is 0 Å². The van der Waals surface area contributed by atoms with E-state index in [9.17, 15) is 0 Å². The molecule has 3 nitrogen and oxygen atoms in total. The third-order valence-corrected chi connectivity index (χ3v) is 1.56. The van der Waals surface area contributed by atoms with E-state index in [1.54, 1.807) is 6.92 Å². The largest absolute Gasteiger partial charge is 0.396 e. The average Bonchev–Trinajstić information content (AvgIpc) is 1.84. The molecule has 2 N–H and O–H groups in total. The molecule has 3 heteroatoms. The Hall–Kier alpha value is -0.120. The summed E-state index contributed by atoms with van der Waals surface area (Å²) in [7, 11) is 3.93. The monoisotopic (exact) mass is 161 g/mol. The summed E-state index contributed by atoms with van der Waals surface area (Å²) in [5, 5.41) is 17.9. The van der Waals surface area contributed by atoms with Crippen LogP contribution in [0.5, 0.6) is 0 Å². The maximum Gasteiger partial charge on any atom is 0.0516 e. The smallest absolute Gasteiger partial charge is 0.0516 e. The molecule has 0 aromatic heterocycles. The summed E-state index contributed by atoms with van der Waals surface area (Å²) in [5.41, 5.74) is 0. The lowest BCUT2D eigenvalue weighted by Crippen LogP contribution is -2.26. The lowest BCUT2D eigenvalue weighted by atomic mass is 10.0. The summed E-state index contributed by atoms with van der Waals surface area (Å²) in [6.45, 7) is 2.74. The Kier molecular flexibility index (Phi) is 5.46. The van der Waals surface area contributed by atoms with Crippen molar-refractivity contribution in [3.8, 4) is 0 Å². The lowest BCUT2D eigenvalue weighted by Gasteiger charge is -2.19. The van der Waals surface area contributed by atoms with Crippen molar-refractivity contribution in [1.29, 1.82) is 0 Å². The molecular formula is C8H19NO2. The minimum Gasteiger partial charge on any atom is -0.396 e. The van der Waals surface area contributed by atoms with Gasteiger partial charge in [0.15, 0.2) is 0 Å². The minimum absolute atomic E-state index is 0.156. The van der Waals surface area contributed by atoms with E-state index in [1.165, 1.54) is 0 Å². The molecule has 0 aromatic rings. The highest BCUT2D eigenvalue weighted by atomic mass is 16.3. The van der Waals surface area contributed by atoms with Crippen LogP contribution in [0, 0.1) is 5.92 Å². The van der Waals surface area contributed by atoms with Crippen LogP contribution in [0.3, 0.4) is 0 Å². The van der Waals surface area contributed by atoms with Crippen LogP contribution in [0.1, 0.15) is 13.3 Å². The van der Waals surface area contributed by atoms with Gasteiger partial charge in [-0.25, -0.2) is 0 Å². The first-order valence-electron chi connectivity index (χ1n) is 4.00. The van der Waals surface area contributed by atoms with Gasteiger partial charge in [0.2, 0.25) is 0 Å². The second kappa shape index (κ2) is 5.52. The summed E-state index contributed by atoms with van der Waals surface area (Å²) in [6, 6.07) is 0. The first kappa shape index (κ1) is 10.9. The molecule has 0 heterocycles. The van der Waals surface area contributed by atoms with Crippen LogP contribution in [0.4, 0.5) is 0 Å². The SMILES string of the molecule is CC(O)CC(CO)CN(C)C. The molecular weight excluding hydrogens is 142 g/mol. The van der Waals surface area contributed by atoms with Gasteiger partial charge >= 0.3 is 0 Å².